The fourth-order valence-electron chi connectivity index (χ4n) is 3.04. The molecule has 0 saturated heterocycles. The molecule has 1 N–H and O–H groups in total. The maximum absolute atomic E-state index is 12.8. The smallest absolute Gasteiger partial charge is 0.262 e. The standard InChI is InChI=1S/C22H15ClF3N3O2S/c23-17-8-10-18(11-9-17)29-20(15-4-2-1-3-5-15)14-21(27-29)28-32(30,31)19-12-6-16(7-13-19)22(24,25)26/h1-14H,(H,27,28). The number of alkyl halides is 3. The number of nitrogens with zero attached hydrogens (tertiary/aromatic N) is 2. The van der Waals surface area contributed by atoms with E-state index >= 15 is 0 Å². The van der Waals surface area contributed by atoms with Crippen LogP contribution in [0.15, 0.2) is 89.8 Å². The lowest BCUT2D eigenvalue weighted by Crippen LogP contribution is -2.14. The van der Waals surface area contributed by atoms with Gasteiger partial charge in [0.05, 0.1) is 21.8 Å². The Morgan fingerprint density at radius 3 is 2.09 bits per heavy atom. The normalized spacial score (nSPS) is 12.0. The summed E-state index contributed by atoms with van der Waals surface area (Å²) >= 11 is 5.96. The van der Waals surface area contributed by atoms with Crippen LogP contribution in [0.4, 0.5) is 19.0 Å². The number of rotatable bonds is 5. The van der Waals surface area contributed by atoms with Crippen molar-refractivity contribution in [1.29, 1.82) is 0 Å². The third-order valence-electron chi connectivity index (χ3n) is 4.58. The van der Waals surface area contributed by atoms with Crippen molar-refractivity contribution in [3.05, 3.63) is 95.5 Å². The molecule has 0 saturated carbocycles. The van der Waals surface area contributed by atoms with Crippen molar-refractivity contribution < 1.29 is 21.6 Å². The average Bonchev–Trinajstić information content (AvgIpc) is 3.17. The number of halogens is 4. The van der Waals surface area contributed by atoms with E-state index in [0.717, 1.165) is 29.8 Å². The molecule has 0 spiro atoms. The topological polar surface area (TPSA) is 64.0 Å². The van der Waals surface area contributed by atoms with E-state index in [4.69, 9.17) is 11.6 Å². The third kappa shape index (κ3) is 4.63. The van der Waals surface area contributed by atoms with Gasteiger partial charge in [0.2, 0.25) is 0 Å². The van der Waals surface area contributed by atoms with Crippen LogP contribution in [-0.2, 0) is 16.2 Å². The van der Waals surface area contributed by atoms with Crippen molar-refractivity contribution >= 4 is 27.4 Å². The summed E-state index contributed by atoms with van der Waals surface area (Å²) in [7, 11) is -4.16. The molecule has 0 aliphatic rings. The van der Waals surface area contributed by atoms with Crippen LogP contribution in [0.3, 0.4) is 0 Å². The average molecular weight is 478 g/mol. The van der Waals surface area contributed by atoms with Crippen LogP contribution in [0.2, 0.25) is 5.02 Å². The summed E-state index contributed by atoms with van der Waals surface area (Å²) in [5, 5.41) is 4.89. The fraction of sp³-hybridized carbons (Fsp3) is 0.0455. The Labute approximate surface area is 187 Å². The molecule has 0 amide bonds. The van der Waals surface area contributed by atoms with Gasteiger partial charge < -0.3 is 0 Å². The summed E-state index contributed by atoms with van der Waals surface area (Å²) in [6, 6.07) is 20.8. The third-order valence-corrected chi connectivity index (χ3v) is 6.20. The minimum absolute atomic E-state index is 0.0127. The monoisotopic (exact) mass is 477 g/mol. The molecular weight excluding hydrogens is 463 g/mol. The molecule has 10 heteroatoms. The fourth-order valence-corrected chi connectivity index (χ4v) is 4.16. The van der Waals surface area contributed by atoms with Gasteiger partial charge in [0, 0.05) is 16.7 Å². The first-order valence-electron chi connectivity index (χ1n) is 9.25. The lowest BCUT2D eigenvalue weighted by atomic mass is 10.1. The van der Waals surface area contributed by atoms with Crippen molar-refractivity contribution in [2.24, 2.45) is 0 Å². The molecule has 4 rings (SSSR count). The van der Waals surface area contributed by atoms with Gasteiger partial charge in [-0.3, -0.25) is 4.72 Å². The number of sulfonamides is 1. The van der Waals surface area contributed by atoms with Gasteiger partial charge in [0.25, 0.3) is 10.0 Å². The first kappa shape index (κ1) is 21.9. The number of hydrogen-bond donors (Lipinski definition) is 1. The van der Waals surface area contributed by atoms with Crippen LogP contribution in [0.5, 0.6) is 0 Å². The summed E-state index contributed by atoms with van der Waals surface area (Å²) in [6.45, 7) is 0. The lowest BCUT2D eigenvalue weighted by Gasteiger charge is -2.09. The van der Waals surface area contributed by atoms with Gasteiger partial charge in [-0.05, 0) is 48.5 Å². The Bertz CT molecular complexity index is 1340. The van der Waals surface area contributed by atoms with E-state index in [2.05, 4.69) is 9.82 Å². The highest BCUT2D eigenvalue weighted by Gasteiger charge is 2.30. The van der Waals surface area contributed by atoms with Crippen LogP contribution in [-0.4, -0.2) is 18.2 Å². The minimum Gasteiger partial charge on any atom is -0.262 e. The van der Waals surface area contributed by atoms with E-state index in [0.29, 0.717) is 16.4 Å². The molecular formula is C22H15ClF3N3O2S. The van der Waals surface area contributed by atoms with Crippen LogP contribution in [0.25, 0.3) is 16.9 Å². The molecule has 4 aromatic rings. The van der Waals surface area contributed by atoms with Crippen molar-refractivity contribution in [3.8, 4) is 16.9 Å². The second-order valence-electron chi connectivity index (χ2n) is 6.80. The number of anilines is 1. The van der Waals surface area contributed by atoms with Crippen molar-refractivity contribution in [2.75, 3.05) is 4.72 Å². The predicted molar refractivity (Wildman–Crippen MR) is 116 cm³/mol. The first-order valence-corrected chi connectivity index (χ1v) is 11.1. The Morgan fingerprint density at radius 1 is 0.875 bits per heavy atom. The first-order chi connectivity index (χ1) is 15.1. The zero-order valence-corrected chi connectivity index (χ0v) is 17.8. The van der Waals surface area contributed by atoms with Crippen molar-refractivity contribution in [3.63, 3.8) is 0 Å². The van der Waals surface area contributed by atoms with E-state index in [1.165, 1.54) is 0 Å². The van der Waals surface area contributed by atoms with Crippen LogP contribution in [0.1, 0.15) is 5.56 Å². The lowest BCUT2D eigenvalue weighted by molar-refractivity contribution is -0.137. The summed E-state index contributed by atoms with van der Waals surface area (Å²) in [5.41, 5.74) is 1.11. The largest absolute Gasteiger partial charge is 0.416 e. The zero-order valence-electron chi connectivity index (χ0n) is 16.2. The van der Waals surface area contributed by atoms with E-state index < -0.39 is 21.8 Å². The molecule has 0 unspecified atom stereocenters. The highest BCUT2D eigenvalue weighted by atomic mass is 35.5. The Balaban J connectivity index is 1.72. The Hall–Kier alpha value is -3.30. The minimum atomic E-state index is -4.56. The highest BCUT2D eigenvalue weighted by molar-refractivity contribution is 7.92. The van der Waals surface area contributed by atoms with E-state index in [1.54, 1.807) is 35.0 Å². The number of aromatic nitrogens is 2. The highest BCUT2D eigenvalue weighted by Crippen LogP contribution is 2.31. The van der Waals surface area contributed by atoms with Gasteiger partial charge >= 0.3 is 6.18 Å². The maximum Gasteiger partial charge on any atom is 0.416 e. The van der Waals surface area contributed by atoms with Gasteiger partial charge in [-0.25, -0.2) is 13.1 Å². The van der Waals surface area contributed by atoms with Gasteiger partial charge in [0.15, 0.2) is 5.82 Å². The zero-order chi connectivity index (χ0) is 22.9. The molecule has 1 heterocycles. The molecule has 0 fully saturated rings. The Kier molecular flexibility index (Phi) is 5.70. The summed E-state index contributed by atoms with van der Waals surface area (Å²) in [4.78, 5) is -0.312. The molecule has 164 valence electrons. The summed E-state index contributed by atoms with van der Waals surface area (Å²) in [5.74, 6) is 0.0127. The molecule has 0 aliphatic heterocycles. The van der Waals surface area contributed by atoms with Crippen molar-refractivity contribution in [1.82, 2.24) is 9.78 Å². The van der Waals surface area contributed by atoms with E-state index in [1.807, 2.05) is 30.3 Å². The molecule has 0 radical (unpaired) electrons. The van der Waals surface area contributed by atoms with E-state index in [-0.39, 0.29) is 10.7 Å². The number of nitrogens with one attached hydrogen (secondary N) is 1. The SMILES string of the molecule is O=S(=O)(Nc1cc(-c2ccccc2)n(-c2ccc(Cl)cc2)n1)c1ccc(C(F)(F)F)cc1. The predicted octanol–water partition coefficient (Wildman–Crippen LogP) is 6.01. The molecule has 32 heavy (non-hydrogen) atoms. The molecule has 5 nitrogen and oxygen atoms in total. The van der Waals surface area contributed by atoms with Crippen LogP contribution < -0.4 is 4.72 Å². The summed E-state index contributed by atoms with van der Waals surface area (Å²) < 4.78 is 67.7. The van der Waals surface area contributed by atoms with Gasteiger partial charge in [-0.2, -0.15) is 13.2 Å². The molecule has 0 bridgehead atoms. The quantitative estimate of drug-likeness (QED) is 0.382. The summed E-state index contributed by atoms with van der Waals surface area (Å²) in [6.07, 6.45) is -4.56. The van der Waals surface area contributed by atoms with Crippen molar-refractivity contribution in [2.45, 2.75) is 11.1 Å². The van der Waals surface area contributed by atoms with Gasteiger partial charge in [-0.15, -0.1) is 5.10 Å². The number of benzene rings is 3. The molecule has 0 aliphatic carbocycles. The van der Waals surface area contributed by atoms with Gasteiger partial charge in [-0.1, -0.05) is 41.9 Å². The van der Waals surface area contributed by atoms with Crippen LogP contribution in [0, 0.1) is 0 Å². The molecule has 3 aromatic carbocycles. The molecule has 1 aromatic heterocycles. The number of hydrogen-bond acceptors (Lipinski definition) is 3. The second-order valence-corrected chi connectivity index (χ2v) is 8.92. The van der Waals surface area contributed by atoms with Gasteiger partial charge in [0.1, 0.15) is 0 Å². The Morgan fingerprint density at radius 2 is 1.50 bits per heavy atom. The van der Waals surface area contributed by atoms with E-state index in [9.17, 15) is 21.6 Å². The maximum atomic E-state index is 12.8. The van der Waals surface area contributed by atoms with Crippen LogP contribution >= 0.6 is 11.6 Å². The second kappa shape index (κ2) is 8.33. The molecule has 0 atom stereocenters.